The standard InChI is InChI=1S/C20H22F3N3O5/c21-20(22,23)30-15-5-3-14(4-6-15)17(27)26-9-7-19(8-10-26)11-16(25-31-19)29-18(28)24-12-13-1-2-13/h3-6,13H,1-2,7-12H2,(H,24,28). The van der Waals surface area contributed by atoms with Gasteiger partial charge in [-0.1, -0.05) is 5.16 Å². The van der Waals surface area contributed by atoms with Crippen LogP contribution in [0.1, 0.15) is 42.5 Å². The predicted molar refractivity (Wildman–Crippen MR) is 101 cm³/mol. The van der Waals surface area contributed by atoms with Gasteiger partial charge in [0, 0.05) is 38.0 Å². The lowest BCUT2D eigenvalue weighted by molar-refractivity contribution is -0.274. The Kier molecular flexibility index (Phi) is 5.67. The number of halogens is 3. The van der Waals surface area contributed by atoms with Gasteiger partial charge in [0.1, 0.15) is 11.4 Å². The van der Waals surface area contributed by atoms with Gasteiger partial charge in [-0.25, -0.2) is 4.79 Å². The summed E-state index contributed by atoms with van der Waals surface area (Å²) < 4.78 is 45.8. The third-order valence-electron chi connectivity index (χ3n) is 5.55. The number of carbonyl (C=O) groups excluding carboxylic acids is 2. The van der Waals surface area contributed by atoms with Gasteiger partial charge in [-0.15, -0.1) is 13.2 Å². The molecule has 0 aromatic heterocycles. The van der Waals surface area contributed by atoms with E-state index >= 15 is 0 Å². The van der Waals surface area contributed by atoms with Crippen molar-refractivity contribution in [2.75, 3.05) is 19.6 Å². The second-order valence-corrected chi connectivity index (χ2v) is 8.01. The third-order valence-corrected chi connectivity index (χ3v) is 5.55. The van der Waals surface area contributed by atoms with Crippen LogP contribution >= 0.6 is 0 Å². The fourth-order valence-electron chi connectivity index (χ4n) is 3.60. The monoisotopic (exact) mass is 441 g/mol. The molecular formula is C20H22F3N3O5. The van der Waals surface area contributed by atoms with Gasteiger partial charge in [0.2, 0.25) is 5.90 Å². The lowest BCUT2D eigenvalue weighted by Crippen LogP contribution is -2.47. The molecule has 1 saturated carbocycles. The second-order valence-electron chi connectivity index (χ2n) is 8.01. The summed E-state index contributed by atoms with van der Waals surface area (Å²) in [6.07, 6.45) is -1.76. The molecule has 1 aromatic carbocycles. The third kappa shape index (κ3) is 5.59. The maximum Gasteiger partial charge on any atom is 0.573 e. The summed E-state index contributed by atoms with van der Waals surface area (Å²) >= 11 is 0. The van der Waals surface area contributed by atoms with Crippen molar-refractivity contribution in [3.8, 4) is 5.75 Å². The average molecular weight is 441 g/mol. The molecule has 3 aliphatic rings. The highest BCUT2D eigenvalue weighted by molar-refractivity contribution is 5.94. The molecule has 1 N–H and O–H groups in total. The molecule has 2 aliphatic heterocycles. The fourth-order valence-corrected chi connectivity index (χ4v) is 3.60. The van der Waals surface area contributed by atoms with E-state index in [0.717, 1.165) is 25.0 Å². The number of hydrogen-bond donors (Lipinski definition) is 1. The molecule has 11 heteroatoms. The smallest absolute Gasteiger partial charge is 0.406 e. The molecule has 0 atom stereocenters. The van der Waals surface area contributed by atoms with E-state index in [1.165, 1.54) is 12.1 Å². The number of amides is 2. The van der Waals surface area contributed by atoms with Gasteiger partial charge >= 0.3 is 12.5 Å². The Balaban J connectivity index is 1.25. The van der Waals surface area contributed by atoms with Gasteiger partial charge < -0.3 is 24.5 Å². The van der Waals surface area contributed by atoms with Crippen LogP contribution < -0.4 is 10.1 Å². The minimum Gasteiger partial charge on any atom is -0.406 e. The molecule has 2 heterocycles. The molecule has 0 unspecified atom stereocenters. The van der Waals surface area contributed by atoms with Crippen molar-refractivity contribution in [2.24, 2.45) is 11.1 Å². The van der Waals surface area contributed by atoms with Crippen molar-refractivity contribution < 1.29 is 37.1 Å². The molecule has 0 radical (unpaired) electrons. The lowest BCUT2D eigenvalue weighted by Gasteiger charge is -2.37. The van der Waals surface area contributed by atoms with Gasteiger partial charge in [-0.3, -0.25) is 4.79 Å². The van der Waals surface area contributed by atoms with Gasteiger partial charge in [0.05, 0.1) is 6.42 Å². The number of rotatable bonds is 4. The molecule has 4 rings (SSSR count). The predicted octanol–water partition coefficient (Wildman–Crippen LogP) is 3.43. The molecule has 1 saturated heterocycles. The molecule has 2 fully saturated rings. The van der Waals surface area contributed by atoms with Crippen molar-refractivity contribution >= 4 is 17.9 Å². The molecule has 1 aromatic rings. The molecule has 2 amide bonds. The van der Waals surface area contributed by atoms with Crippen LogP contribution in [0, 0.1) is 5.92 Å². The van der Waals surface area contributed by atoms with Crippen LogP contribution in [0.5, 0.6) is 5.75 Å². The summed E-state index contributed by atoms with van der Waals surface area (Å²) in [5, 5.41) is 6.58. The Morgan fingerprint density at radius 2 is 1.87 bits per heavy atom. The number of piperidine rings is 1. The Morgan fingerprint density at radius 3 is 2.48 bits per heavy atom. The zero-order chi connectivity index (χ0) is 22.1. The average Bonchev–Trinajstić information content (AvgIpc) is 3.48. The second kappa shape index (κ2) is 8.27. The molecule has 1 spiro atoms. The van der Waals surface area contributed by atoms with E-state index < -0.39 is 18.1 Å². The Bertz CT molecular complexity index is 860. The lowest BCUT2D eigenvalue weighted by atomic mass is 9.88. The number of carbonyl (C=O) groups is 2. The van der Waals surface area contributed by atoms with Crippen molar-refractivity contribution in [3.63, 3.8) is 0 Å². The van der Waals surface area contributed by atoms with Gasteiger partial charge in [-0.2, -0.15) is 0 Å². The maximum absolute atomic E-state index is 12.7. The number of alkyl carbamates (subject to hydrolysis) is 1. The summed E-state index contributed by atoms with van der Waals surface area (Å²) in [6, 6.07) is 4.82. The van der Waals surface area contributed by atoms with E-state index in [0.29, 0.717) is 44.8 Å². The molecule has 8 nitrogen and oxygen atoms in total. The van der Waals surface area contributed by atoms with Crippen molar-refractivity contribution in [1.82, 2.24) is 10.2 Å². The number of benzene rings is 1. The number of nitrogens with zero attached hydrogens (tertiary/aromatic N) is 2. The summed E-state index contributed by atoms with van der Waals surface area (Å²) in [4.78, 5) is 31.6. The van der Waals surface area contributed by atoms with Crippen LogP contribution in [0.15, 0.2) is 29.4 Å². The van der Waals surface area contributed by atoms with E-state index in [9.17, 15) is 22.8 Å². The summed E-state index contributed by atoms with van der Waals surface area (Å²) in [6.45, 7) is 1.37. The van der Waals surface area contributed by atoms with Crippen molar-refractivity contribution in [1.29, 1.82) is 0 Å². The quantitative estimate of drug-likeness (QED) is 0.773. The first-order valence-corrected chi connectivity index (χ1v) is 10.1. The Labute approximate surface area is 176 Å². The van der Waals surface area contributed by atoms with Crippen LogP contribution in [0.4, 0.5) is 18.0 Å². The van der Waals surface area contributed by atoms with Gasteiger partial charge in [0.15, 0.2) is 0 Å². The number of likely N-dealkylation sites (tertiary alicyclic amines) is 1. The fraction of sp³-hybridized carbons (Fsp3) is 0.550. The largest absolute Gasteiger partial charge is 0.573 e. The highest BCUT2D eigenvalue weighted by atomic mass is 19.4. The number of ether oxygens (including phenoxy) is 2. The van der Waals surface area contributed by atoms with E-state index in [4.69, 9.17) is 9.57 Å². The van der Waals surface area contributed by atoms with Crippen LogP contribution in [0.3, 0.4) is 0 Å². The van der Waals surface area contributed by atoms with Crippen molar-refractivity contribution in [3.05, 3.63) is 29.8 Å². The number of hydrogen-bond acceptors (Lipinski definition) is 6. The highest BCUT2D eigenvalue weighted by Crippen LogP contribution is 2.35. The molecule has 168 valence electrons. The zero-order valence-corrected chi connectivity index (χ0v) is 16.6. The van der Waals surface area contributed by atoms with Crippen molar-refractivity contribution in [2.45, 2.75) is 44.1 Å². The maximum atomic E-state index is 12.7. The van der Waals surface area contributed by atoms with E-state index in [1.807, 2.05) is 0 Å². The molecule has 0 bridgehead atoms. The Morgan fingerprint density at radius 1 is 1.19 bits per heavy atom. The molecular weight excluding hydrogens is 419 g/mol. The molecule has 1 aliphatic carbocycles. The van der Waals surface area contributed by atoms with Crippen LogP contribution in [0.25, 0.3) is 0 Å². The Hall–Kier alpha value is -2.98. The minimum atomic E-state index is -4.78. The van der Waals surface area contributed by atoms with Gasteiger partial charge in [-0.05, 0) is 43.0 Å². The summed E-state index contributed by atoms with van der Waals surface area (Å²) in [7, 11) is 0. The van der Waals surface area contributed by atoms with Crippen LogP contribution in [-0.4, -0.2) is 54.4 Å². The minimum absolute atomic E-state index is 0.216. The topological polar surface area (TPSA) is 89.5 Å². The van der Waals surface area contributed by atoms with E-state index in [2.05, 4.69) is 15.2 Å². The first kappa shape index (κ1) is 21.3. The highest BCUT2D eigenvalue weighted by Gasteiger charge is 2.44. The molecule has 31 heavy (non-hydrogen) atoms. The van der Waals surface area contributed by atoms with E-state index in [1.54, 1.807) is 4.90 Å². The normalized spacial score (nSPS) is 20.1. The number of oxime groups is 1. The van der Waals surface area contributed by atoms with E-state index in [-0.39, 0.29) is 23.1 Å². The van der Waals surface area contributed by atoms with Gasteiger partial charge in [0.25, 0.3) is 5.91 Å². The zero-order valence-electron chi connectivity index (χ0n) is 16.6. The first-order valence-electron chi connectivity index (χ1n) is 10.1. The van der Waals surface area contributed by atoms with Crippen LogP contribution in [0.2, 0.25) is 0 Å². The van der Waals surface area contributed by atoms with Crippen LogP contribution in [-0.2, 0) is 9.57 Å². The summed E-state index contributed by atoms with van der Waals surface area (Å²) in [5.74, 6) is 0.0827. The number of nitrogens with one attached hydrogen (secondary N) is 1. The summed E-state index contributed by atoms with van der Waals surface area (Å²) in [5.41, 5.74) is -0.349. The SMILES string of the molecule is O=C(NCC1CC1)OC1=NOC2(CCN(C(=O)c3ccc(OC(F)(F)F)cc3)CC2)C1. The first-order chi connectivity index (χ1) is 14.7. The number of alkyl halides is 3.